The molecule has 0 unspecified atom stereocenters. The van der Waals surface area contributed by atoms with Crippen molar-refractivity contribution in [1.82, 2.24) is 4.90 Å². The predicted molar refractivity (Wildman–Crippen MR) is 91.2 cm³/mol. The number of hydrogen-bond donors (Lipinski definition) is 1. The second-order valence-corrected chi connectivity index (χ2v) is 6.86. The molecule has 4 heteroatoms. The van der Waals surface area contributed by atoms with E-state index in [1.165, 1.54) is 25.7 Å². The minimum absolute atomic E-state index is 0.109. The first-order chi connectivity index (χ1) is 11.2. The van der Waals surface area contributed by atoms with Gasteiger partial charge in [0, 0.05) is 25.2 Å². The molecule has 1 aliphatic heterocycles. The van der Waals surface area contributed by atoms with Gasteiger partial charge in [-0.3, -0.25) is 9.59 Å². The molecule has 1 N–H and O–H groups in total. The highest BCUT2D eigenvalue weighted by atomic mass is 16.2. The van der Waals surface area contributed by atoms with Gasteiger partial charge >= 0.3 is 0 Å². The topological polar surface area (TPSA) is 49.4 Å². The molecule has 4 nitrogen and oxygen atoms in total. The second-order valence-electron chi connectivity index (χ2n) is 6.86. The van der Waals surface area contributed by atoms with Crippen molar-refractivity contribution in [3.05, 3.63) is 29.8 Å². The summed E-state index contributed by atoms with van der Waals surface area (Å²) in [6.45, 7) is 1.79. The maximum Gasteiger partial charge on any atom is 0.226 e. The fourth-order valence-corrected chi connectivity index (χ4v) is 3.65. The molecule has 1 heterocycles. The Balaban J connectivity index is 1.48. The van der Waals surface area contributed by atoms with Crippen molar-refractivity contribution in [2.45, 2.75) is 51.4 Å². The van der Waals surface area contributed by atoms with E-state index in [9.17, 15) is 9.59 Å². The summed E-state index contributed by atoms with van der Waals surface area (Å²) in [4.78, 5) is 26.1. The van der Waals surface area contributed by atoms with E-state index in [0.717, 1.165) is 37.2 Å². The van der Waals surface area contributed by atoms with Gasteiger partial charge in [0.05, 0.1) is 6.42 Å². The monoisotopic (exact) mass is 314 g/mol. The van der Waals surface area contributed by atoms with Gasteiger partial charge in [0.25, 0.3) is 0 Å². The molecule has 2 amide bonds. The molecular weight excluding hydrogens is 288 g/mol. The zero-order chi connectivity index (χ0) is 16.1. The molecule has 1 saturated carbocycles. The van der Waals surface area contributed by atoms with E-state index >= 15 is 0 Å². The van der Waals surface area contributed by atoms with Crippen molar-refractivity contribution < 1.29 is 9.59 Å². The summed E-state index contributed by atoms with van der Waals surface area (Å²) in [5.74, 6) is 0.880. The van der Waals surface area contributed by atoms with Crippen LogP contribution >= 0.6 is 0 Å². The van der Waals surface area contributed by atoms with Gasteiger partial charge in [0.2, 0.25) is 11.8 Å². The number of carbonyl (C=O) groups excluding carboxylic acids is 2. The van der Waals surface area contributed by atoms with E-state index in [1.54, 1.807) is 0 Å². The molecule has 0 radical (unpaired) electrons. The SMILES string of the molecule is O=C(CC1CCCC1)Nc1ccc(CC(=O)N2CCCC2)cc1. The van der Waals surface area contributed by atoms with Crippen molar-refractivity contribution >= 4 is 17.5 Å². The normalized spacial score (nSPS) is 18.3. The van der Waals surface area contributed by atoms with Crippen LogP contribution in [0.2, 0.25) is 0 Å². The standard InChI is InChI=1S/C19H26N2O2/c22-18(13-15-5-1-2-6-15)20-17-9-7-16(8-10-17)14-19(23)21-11-3-4-12-21/h7-10,15H,1-6,11-14H2,(H,20,22). The maximum absolute atomic E-state index is 12.1. The average molecular weight is 314 g/mol. The summed E-state index contributed by atoms with van der Waals surface area (Å²) in [5, 5.41) is 2.97. The fraction of sp³-hybridized carbons (Fsp3) is 0.579. The van der Waals surface area contributed by atoms with E-state index in [4.69, 9.17) is 0 Å². The number of rotatable bonds is 5. The maximum atomic E-state index is 12.1. The highest BCUT2D eigenvalue weighted by molar-refractivity contribution is 5.91. The lowest BCUT2D eigenvalue weighted by Crippen LogP contribution is -2.29. The molecule has 1 saturated heterocycles. The predicted octanol–water partition coefficient (Wildman–Crippen LogP) is 3.37. The number of hydrogen-bond acceptors (Lipinski definition) is 2. The third-order valence-corrected chi connectivity index (χ3v) is 5.00. The molecular formula is C19H26N2O2. The first-order valence-corrected chi connectivity index (χ1v) is 8.87. The zero-order valence-electron chi connectivity index (χ0n) is 13.7. The van der Waals surface area contributed by atoms with Gasteiger partial charge in [-0.05, 0) is 49.3 Å². The number of nitrogens with one attached hydrogen (secondary N) is 1. The van der Waals surface area contributed by atoms with Crippen molar-refractivity contribution in [2.75, 3.05) is 18.4 Å². The van der Waals surface area contributed by atoms with Crippen molar-refractivity contribution in [3.63, 3.8) is 0 Å². The van der Waals surface area contributed by atoms with Crippen LogP contribution < -0.4 is 5.32 Å². The van der Waals surface area contributed by atoms with Crippen LogP contribution in [0.4, 0.5) is 5.69 Å². The van der Waals surface area contributed by atoms with E-state index in [-0.39, 0.29) is 11.8 Å². The van der Waals surface area contributed by atoms with Gasteiger partial charge in [-0.15, -0.1) is 0 Å². The lowest BCUT2D eigenvalue weighted by atomic mass is 10.0. The highest BCUT2D eigenvalue weighted by Crippen LogP contribution is 2.27. The van der Waals surface area contributed by atoms with Crippen LogP contribution in [0.25, 0.3) is 0 Å². The van der Waals surface area contributed by atoms with Gasteiger partial charge < -0.3 is 10.2 Å². The van der Waals surface area contributed by atoms with Crippen LogP contribution in [0, 0.1) is 5.92 Å². The molecule has 23 heavy (non-hydrogen) atoms. The van der Waals surface area contributed by atoms with E-state index in [2.05, 4.69) is 5.32 Å². The van der Waals surface area contributed by atoms with Gasteiger partial charge in [-0.2, -0.15) is 0 Å². The molecule has 0 aromatic heterocycles. The Morgan fingerprint density at radius 2 is 1.65 bits per heavy atom. The molecule has 1 aromatic carbocycles. The van der Waals surface area contributed by atoms with Crippen LogP contribution in [-0.2, 0) is 16.0 Å². The van der Waals surface area contributed by atoms with Gasteiger partial charge in [-0.25, -0.2) is 0 Å². The third-order valence-electron chi connectivity index (χ3n) is 5.00. The summed E-state index contributed by atoms with van der Waals surface area (Å²) >= 11 is 0. The summed E-state index contributed by atoms with van der Waals surface area (Å²) in [5.41, 5.74) is 1.83. The average Bonchev–Trinajstić information content (AvgIpc) is 3.22. The lowest BCUT2D eigenvalue weighted by molar-refractivity contribution is -0.129. The molecule has 0 bridgehead atoms. The van der Waals surface area contributed by atoms with Crippen LogP contribution in [0.1, 0.15) is 50.5 Å². The molecule has 1 aromatic rings. The molecule has 2 fully saturated rings. The van der Waals surface area contributed by atoms with Crippen LogP contribution in [0.3, 0.4) is 0 Å². The van der Waals surface area contributed by atoms with E-state index in [1.807, 2.05) is 29.2 Å². The second kappa shape index (κ2) is 7.62. The molecule has 0 atom stereocenters. The largest absolute Gasteiger partial charge is 0.342 e. The van der Waals surface area contributed by atoms with Crippen LogP contribution in [0.15, 0.2) is 24.3 Å². The Labute approximate surface area is 138 Å². The summed E-state index contributed by atoms with van der Waals surface area (Å²) in [7, 11) is 0. The number of carbonyl (C=O) groups is 2. The van der Waals surface area contributed by atoms with Crippen molar-refractivity contribution in [2.24, 2.45) is 5.92 Å². The summed E-state index contributed by atoms with van der Waals surface area (Å²) < 4.78 is 0. The summed E-state index contributed by atoms with van der Waals surface area (Å²) in [6.07, 6.45) is 8.23. The Morgan fingerprint density at radius 1 is 1.00 bits per heavy atom. The van der Waals surface area contributed by atoms with Crippen molar-refractivity contribution in [3.8, 4) is 0 Å². The number of likely N-dealkylation sites (tertiary alicyclic amines) is 1. The van der Waals surface area contributed by atoms with Gasteiger partial charge in [0.15, 0.2) is 0 Å². The first-order valence-electron chi connectivity index (χ1n) is 8.87. The quantitative estimate of drug-likeness (QED) is 0.906. The zero-order valence-corrected chi connectivity index (χ0v) is 13.7. The Hall–Kier alpha value is -1.84. The summed E-state index contributed by atoms with van der Waals surface area (Å²) in [6, 6.07) is 7.69. The lowest BCUT2D eigenvalue weighted by Gasteiger charge is -2.15. The molecule has 0 spiro atoms. The number of anilines is 1. The highest BCUT2D eigenvalue weighted by Gasteiger charge is 2.19. The number of benzene rings is 1. The van der Waals surface area contributed by atoms with Gasteiger partial charge in [0.1, 0.15) is 0 Å². The smallest absolute Gasteiger partial charge is 0.226 e. The first kappa shape index (κ1) is 16.0. The Morgan fingerprint density at radius 3 is 2.30 bits per heavy atom. The molecule has 124 valence electrons. The van der Waals surface area contributed by atoms with E-state index in [0.29, 0.717) is 18.8 Å². The van der Waals surface area contributed by atoms with Gasteiger partial charge in [-0.1, -0.05) is 25.0 Å². The van der Waals surface area contributed by atoms with Crippen molar-refractivity contribution in [1.29, 1.82) is 0 Å². The third kappa shape index (κ3) is 4.57. The Kier molecular flexibility index (Phi) is 5.31. The minimum Gasteiger partial charge on any atom is -0.342 e. The molecule has 3 rings (SSSR count). The minimum atomic E-state index is 0.109. The van der Waals surface area contributed by atoms with E-state index < -0.39 is 0 Å². The van der Waals surface area contributed by atoms with Crippen LogP contribution in [0.5, 0.6) is 0 Å². The Bertz CT molecular complexity index is 541. The van der Waals surface area contributed by atoms with Crippen LogP contribution in [-0.4, -0.2) is 29.8 Å². The number of nitrogens with zero attached hydrogens (tertiary/aromatic N) is 1. The number of amides is 2. The fourth-order valence-electron chi connectivity index (χ4n) is 3.65. The molecule has 2 aliphatic rings. The molecule has 1 aliphatic carbocycles.